The van der Waals surface area contributed by atoms with Gasteiger partial charge in [-0.2, -0.15) is 4.98 Å². The number of nitrogens with one attached hydrogen (secondary N) is 1. The summed E-state index contributed by atoms with van der Waals surface area (Å²) in [6, 6.07) is 12.3. The summed E-state index contributed by atoms with van der Waals surface area (Å²) < 4.78 is 11.8. The molecule has 2 aromatic carbocycles. The fourth-order valence-corrected chi connectivity index (χ4v) is 3.46. The van der Waals surface area contributed by atoms with Gasteiger partial charge in [0.25, 0.3) is 5.56 Å². The highest BCUT2D eigenvalue weighted by molar-refractivity contribution is 5.74. The lowest BCUT2D eigenvalue weighted by molar-refractivity contribution is 0.210. The van der Waals surface area contributed by atoms with E-state index in [-0.39, 0.29) is 5.56 Å². The van der Waals surface area contributed by atoms with Crippen LogP contribution in [0.5, 0.6) is 11.5 Å². The van der Waals surface area contributed by atoms with Crippen molar-refractivity contribution in [2.24, 2.45) is 5.73 Å². The number of nitrogens with two attached hydrogens (primary N) is 1. The summed E-state index contributed by atoms with van der Waals surface area (Å²) in [6.07, 6.45) is 1.85. The number of primary amides is 1. The molecule has 10 heteroatoms. The Labute approximate surface area is 195 Å². The van der Waals surface area contributed by atoms with E-state index in [2.05, 4.69) is 20.3 Å². The van der Waals surface area contributed by atoms with Crippen LogP contribution < -0.4 is 26.1 Å². The Morgan fingerprint density at radius 3 is 2.44 bits per heavy atom. The van der Waals surface area contributed by atoms with Crippen molar-refractivity contribution >= 4 is 28.9 Å². The number of methoxy groups -OCH3 is 1. The first-order chi connectivity index (χ1) is 16.2. The lowest BCUT2D eigenvalue weighted by Gasteiger charge is -2.23. The first-order valence-corrected chi connectivity index (χ1v) is 10.4. The number of fused-ring (bicyclic) bond motifs is 1. The average Bonchev–Trinajstić information content (AvgIpc) is 2.79. The van der Waals surface area contributed by atoms with E-state index in [4.69, 9.17) is 15.2 Å². The second kappa shape index (κ2) is 8.81. The monoisotopic (exact) mass is 460 g/mol. The number of aromatic nitrogens is 4. The van der Waals surface area contributed by atoms with Crippen LogP contribution in [0, 0.1) is 0 Å². The van der Waals surface area contributed by atoms with Gasteiger partial charge in [-0.15, -0.1) is 0 Å². The van der Waals surface area contributed by atoms with E-state index in [9.17, 15) is 9.59 Å². The summed E-state index contributed by atoms with van der Waals surface area (Å²) in [7, 11) is 1.60. The molecule has 0 radical (unpaired) electrons. The van der Waals surface area contributed by atoms with Crippen molar-refractivity contribution in [3.05, 3.63) is 70.8 Å². The van der Waals surface area contributed by atoms with Gasteiger partial charge in [0, 0.05) is 11.3 Å². The van der Waals surface area contributed by atoms with E-state index in [1.807, 2.05) is 45.0 Å². The zero-order valence-corrected chi connectivity index (χ0v) is 19.2. The highest BCUT2D eigenvalue weighted by Gasteiger charge is 2.22. The van der Waals surface area contributed by atoms with E-state index in [1.165, 1.54) is 10.8 Å². The molecule has 10 nitrogen and oxygen atoms in total. The molecule has 0 fully saturated rings. The molecule has 174 valence electrons. The lowest BCUT2D eigenvalue weighted by Crippen LogP contribution is -2.23. The van der Waals surface area contributed by atoms with E-state index in [0.717, 1.165) is 11.4 Å². The fraction of sp³-hybridized carbons (Fsp3) is 0.208. The molecule has 34 heavy (non-hydrogen) atoms. The molecular formula is C24H24N6O4. The minimum atomic E-state index is -0.910. The van der Waals surface area contributed by atoms with Gasteiger partial charge in [-0.3, -0.25) is 9.36 Å². The molecule has 2 heterocycles. The SMILES string of the molecule is COc1ccc(Nc2ncc3ncc(=O)n(-c4ccc(OC(N)=O)c(C(C)(C)C)c4)c3n2)cc1. The zero-order chi connectivity index (χ0) is 24.5. The molecule has 0 aliphatic heterocycles. The van der Waals surface area contributed by atoms with Crippen molar-refractivity contribution in [1.82, 2.24) is 19.5 Å². The third kappa shape index (κ3) is 4.65. The number of hydrogen-bond acceptors (Lipinski definition) is 8. The minimum Gasteiger partial charge on any atom is -0.497 e. The van der Waals surface area contributed by atoms with Crippen LogP contribution in [0.2, 0.25) is 0 Å². The van der Waals surface area contributed by atoms with Crippen molar-refractivity contribution in [2.75, 3.05) is 12.4 Å². The van der Waals surface area contributed by atoms with Gasteiger partial charge in [-0.25, -0.2) is 14.8 Å². The van der Waals surface area contributed by atoms with Gasteiger partial charge in [-0.05, 0) is 47.9 Å². The number of hydrogen-bond donors (Lipinski definition) is 2. The molecule has 0 spiro atoms. The standard InChI is InChI=1S/C24H24N6O4/c1-24(2,3)17-11-15(7-10-19(17)34-22(25)32)30-20(31)13-26-18-12-27-23(29-21(18)30)28-14-5-8-16(33-4)9-6-14/h5-13H,1-4H3,(H2,25,32)(H,27,28,29). The summed E-state index contributed by atoms with van der Waals surface area (Å²) in [5, 5.41) is 3.12. The predicted molar refractivity (Wildman–Crippen MR) is 128 cm³/mol. The van der Waals surface area contributed by atoms with Crippen molar-refractivity contribution in [2.45, 2.75) is 26.2 Å². The first-order valence-electron chi connectivity index (χ1n) is 10.4. The van der Waals surface area contributed by atoms with Gasteiger partial charge in [0.05, 0.1) is 25.2 Å². The third-order valence-corrected chi connectivity index (χ3v) is 5.08. The quantitative estimate of drug-likeness (QED) is 0.461. The Morgan fingerprint density at radius 1 is 1.06 bits per heavy atom. The summed E-state index contributed by atoms with van der Waals surface area (Å²) >= 11 is 0. The maximum absolute atomic E-state index is 12.9. The van der Waals surface area contributed by atoms with Crippen molar-refractivity contribution in [1.29, 1.82) is 0 Å². The summed E-state index contributed by atoms with van der Waals surface area (Å²) in [5.41, 5.74) is 7.20. The normalized spacial score (nSPS) is 11.3. The fourth-order valence-electron chi connectivity index (χ4n) is 3.46. The number of carbonyl (C=O) groups is 1. The smallest absolute Gasteiger partial charge is 0.409 e. The molecule has 1 amide bonds. The summed E-state index contributed by atoms with van der Waals surface area (Å²) in [5.74, 6) is 1.34. The number of carbonyl (C=O) groups excluding carboxylic acids is 1. The minimum absolute atomic E-state index is 0.295. The van der Waals surface area contributed by atoms with E-state index >= 15 is 0 Å². The number of nitrogens with zero attached hydrogens (tertiary/aromatic N) is 4. The molecule has 0 bridgehead atoms. The molecule has 4 rings (SSSR count). The molecule has 0 atom stereocenters. The lowest BCUT2D eigenvalue weighted by atomic mass is 9.86. The van der Waals surface area contributed by atoms with Gasteiger partial charge in [0.15, 0.2) is 5.65 Å². The Hall–Kier alpha value is -4.47. The Balaban J connectivity index is 1.83. The van der Waals surface area contributed by atoms with Crippen LogP contribution >= 0.6 is 0 Å². The number of ether oxygens (including phenoxy) is 2. The second-order valence-electron chi connectivity index (χ2n) is 8.54. The largest absolute Gasteiger partial charge is 0.497 e. The van der Waals surface area contributed by atoms with Crippen LogP contribution in [0.3, 0.4) is 0 Å². The van der Waals surface area contributed by atoms with Crippen LogP contribution in [0.1, 0.15) is 26.3 Å². The highest BCUT2D eigenvalue weighted by Crippen LogP contribution is 2.33. The number of benzene rings is 2. The Morgan fingerprint density at radius 2 is 1.79 bits per heavy atom. The van der Waals surface area contributed by atoms with Crippen LogP contribution in [0.25, 0.3) is 16.9 Å². The van der Waals surface area contributed by atoms with Crippen LogP contribution in [0.4, 0.5) is 16.4 Å². The average molecular weight is 460 g/mol. The predicted octanol–water partition coefficient (Wildman–Crippen LogP) is 3.68. The maximum atomic E-state index is 12.9. The van der Waals surface area contributed by atoms with Gasteiger partial charge < -0.3 is 20.5 Å². The third-order valence-electron chi connectivity index (χ3n) is 5.08. The molecule has 0 saturated heterocycles. The molecule has 4 aromatic rings. The van der Waals surface area contributed by atoms with Gasteiger partial charge in [-0.1, -0.05) is 20.8 Å². The Kier molecular flexibility index (Phi) is 5.89. The van der Waals surface area contributed by atoms with Gasteiger partial charge in [0.2, 0.25) is 5.95 Å². The van der Waals surface area contributed by atoms with Gasteiger partial charge >= 0.3 is 6.09 Å². The van der Waals surface area contributed by atoms with E-state index < -0.39 is 11.5 Å². The molecule has 0 unspecified atom stereocenters. The number of anilines is 2. The van der Waals surface area contributed by atoms with Crippen molar-refractivity contribution in [3.63, 3.8) is 0 Å². The molecular weight excluding hydrogens is 436 g/mol. The van der Waals surface area contributed by atoms with Crippen LogP contribution in [0.15, 0.2) is 59.7 Å². The van der Waals surface area contributed by atoms with Crippen LogP contribution in [-0.4, -0.2) is 32.7 Å². The summed E-state index contributed by atoms with van der Waals surface area (Å²) in [6.45, 7) is 5.89. The number of rotatable bonds is 5. The second-order valence-corrected chi connectivity index (χ2v) is 8.54. The molecule has 2 aromatic heterocycles. The topological polar surface area (TPSA) is 134 Å². The maximum Gasteiger partial charge on any atom is 0.409 e. The molecule has 3 N–H and O–H groups in total. The number of amides is 1. The first kappa shape index (κ1) is 22.7. The van der Waals surface area contributed by atoms with E-state index in [1.54, 1.807) is 31.5 Å². The van der Waals surface area contributed by atoms with Crippen LogP contribution in [-0.2, 0) is 5.41 Å². The van der Waals surface area contributed by atoms with Crippen molar-refractivity contribution in [3.8, 4) is 17.2 Å². The van der Waals surface area contributed by atoms with E-state index in [0.29, 0.717) is 34.1 Å². The Bertz CT molecular complexity index is 1420. The van der Waals surface area contributed by atoms with Crippen molar-refractivity contribution < 1.29 is 14.3 Å². The van der Waals surface area contributed by atoms with Gasteiger partial charge in [0.1, 0.15) is 17.0 Å². The molecule has 0 saturated carbocycles. The highest BCUT2D eigenvalue weighted by atomic mass is 16.5. The zero-order valence-electron chi connectivity index (χ0n) is 19.2. The molecule has 0 aliphatic rings. The summed E-state index contributed by atoms with van der Waals surface area (Å²) in [4.78, 5) is 37.3. The molecule has 0 aliphatic carbocycles.